The lowest BCUT2D eigenvalue weighted by atomic mass is 9.96. The summed E-state index contributed by atoms with van der Waals surface area (Å²) in [6.45, 7) is 3.95. The van der Waals surface area contributed by atoms with Gasteiger partial charge in [0.05, 0.1) is 34.7 Å². The lowest BCUT2D eigenvalue weighted by Gasteiger charge is -2.27. The van der Waals surface area contributed by atoms with Crippen molar-refractivity contribution in [2.24, 2.45) is 0 Å². The van der Waals surface area contributed by atoms with Crippen LogP contribution < -0.4 is 20.1 Å². The number of rotatable bonds is 12. The SMILES string of the molecule is Cc1cc(/C=C/C(=O)Nc2ccccc2C(=O)O)ccc1OC1CC1.Cc1cc(/C=C/C(=O)Nc2ccccc2C(=O)O)ccc1OC1CCC1. The van der Waals surface area contributed by atoms with Crippen LogP contribution >= 0.6 is 0 Å². The van der Waals surface area contributed by atoms with E-state index in [0.29, 0.717) is 12.2 Å². The van der Waals surface area contributed by atoms with Crippen molar-refractivity contribution in [3.63, 3.8) is 0 Å². The van der Waals surface area contributed by atoms with E-state index in [9.17, 15) is 19.2 Å². The number of carbonyl (C=O) groups excluding carboxylic acids is 2. The molecule has 0 aliphatic heterocycles. The van der Waals surface area contributed by atoms with Gasteiger partial charge in [0.15, 0.2) is 0 Å². The fourth-order valence-electron chi connectivity index (χ4n) is 5.10. The molecule has 0 atom stereocenters. The summed E-state index contributed by atoms with van der Waals surface area (Å²) in [7, 11) is 0. The van der Waals surface area contributed by atoms with E-state index in [4.69, 9.17) is 19.7 Å². The van der Waals surface area contributed by atoms with E-state index >= 15 is 0 Å². The minimum Gasteiger partial charge on any atom is -0.490 e. The fourth-order valence-corrected chi connectivity index (χ4v) is 5.10. The second kappa shape index (κ2) is 17.0. The summed E-state index contributed by atoms with van der Waals surface area (Å²) in [6, 6.07) is 24.1. The predicted octanol–water partition coefficient (Wildman–Crippen LogP) is 8.16. The maximum atomic E-state index is 12.1. The van der Waals surface area contributed by atoms with Gasteiger partial charge in [0, 0.05) is 12.2 Å². The third-order valence-electron chi connectivity index (χ3n) is 8.25. The summed E-state index contributed by atoms with van der Waals surface area (Å²) in [5.74, 6) is -1.17. The molecule has 0 saturated heterocycles. The third kappa shape index (κ3) is 10.7. The molecular formula is C41H40N2O8. The molecule has 4 aromatic rings. The Hall–Kier alpha value is -6.16. The van der Waals surface area contributed by atoms with Crippen molar-refractivity contribution >= 4 is 47.3 Å². The molecule has 0 bridgehead atoms. The lowest BCUT2D eigenvalue weighted by molar-refractivity contribution is -0.112. The zero-order valence-electron chi connectivity index (χ0n) is 28.4. The molecule has 2 amide bonds. The Balaban J connectivity index is 0.000000198. The van der Waals surface area contributed by atoms with Crippen molar-refractivity contribution in [3.05, 3.63) is 130 Å². The van der Waals surface area contributed by atoms with Crippen LogP contribution in [0, 0.1) is 13.8 Å². The number of para-hydroxylation sites is 2. The minimum atomic E-state index is -1.08. The highest BCUT2D eigenvalue weighted by Gasteiger charge is 2.24. The molecular weight excluding hydrogens is 648 g/mol. The van der Waals surface area contributed by atoms with Crippen LogP contribution in [0.5, 0.6) is 11.5 Å². The second-order valence-corrected chi connectivity index (χ2v) is 12.4. The quantitative estimate of drug-likeness (QED) is 0.109. The summed E-state index contributed by atoms with van der Waals surface area (Å²) < 4.78 is 11.7. The van der Waals surface area contributed by atoms with Crippen LogP contribution in [-0.4, -0.2) is 46.2 Å². The van der Waals surface area contributed by atoms with Crippen molar-refractivity contribution in [1.29, 1.82) is 0 Å². The second-order valence-electron chi connectivity index (χ2n) is 12.4. The van der Waals surface area contributed by atoms with Crippen LogP contribution in [0.25, 0.3) is 12.2 Å². The molecule has 4 N–H and O–H groups in total. The highest BCUT2D eigenvalue weighted by molar-refractivity contribution is 6.07. The number of aryl methyl sites for hydroxylation is 2. The molecule has 0 aromatic heterocycles. The van der Waals surface area contributed by atoms with Crippen LogP contribution in [0.15, 0.2) is 97.1 Å². The molecule has 2 aliphatic rings. The van der Waals surface area contributed by atoms with Crippen LogP contribution in [0.1, 0.15) is 75.1 Å². The molecule has 0 unspecified atom stereocenters. The Morgan fingerprint density at radius 2 is 1.02 bits per heavy atom. The van der Waals surface area contributed by atoms with Gasteiger partial charge in [0.1, 0.15) is 11.5 Å². The molecule has 262 valence electrons. The van der Waals surface area contributed by atoms with Gasteiger partial charge in [-0.05, 0) is 129 Å². The Morgan fingerprint density at radius 1 is 0.608 bits per heavy atom. The van der Waals surface area contributed by atoms with Crippen LogP contribution in [0.4, 0.5) is 11.4 Å². The number of carboxylic acid groups (broad SMARTS) is 2. The van der Waals surface area contributed by atoms with Gasteiger partial charge in [-0.2, -0.15) is 0 Å². The van der Waals surface area contributed by atoms with E-state index in [1.54, 1.807) is 48.6 Å². The van der Waals surface area contributed by atoms with Crippen molar-refractivity contribution in [2.45, 2.75) is 58.2 Å². The van der Waals surface area contributed by atoms with Gasteiger partial charge < -0.3 is 30.3 Å². The predicted molar refractivity (Wildman–Crippen MR) is 196 cm³/mol. The first-order chi connectivity index (χ1) is 24.5. The highest BCUT2D eigenvalue weighted by atomic mass is 16.5. The Labute approximate surface area is 296 Å². The van der Waals surface area contributed by atoms with E-state index in [0.717, 1.165) is 59.4 Å². The van der Waals surface area contributed by atoms with Gasteiger partial charge in [-0.25, -0.2) is 9.59 Å². The van der Waals surface area contributed by atoms with Gasteiger partial charge >= 0.3 is 11.9 Å². The summed E-state index contributed by atoms with van der Waals surface area (Å²) in [5.41, 5.74) is 4.46. The van der Waals surface area contributed by atoms with Gasteiger partial charge in [0.25, 0.3) is 0 Å². The monoisotopic (exact) mass is 688 g/mol. The maximum Gasteiger partial charge on any atom is 0.337 e. The average Bonchev–Trinajstić information content (AvgIpc) is 3.91. The zero-order chi connectivity index (χ0) is 36.3. The van der Waals surface area contributed by atoms with E-state index in [1.807, 2.05) is 50.2 Å². The number of nitrogens with one attached hydrogen (secondary N) is 2. The molecule has 0 radical (unpaired) electrons. The number of amides is 2. The van der Waals surface area contributed by atoms with Crippen LogP contribution in [0.2, 0.25) is 0 Å². The standard InChI is InChI=1S/C21H21NO4.C20H19NO4/c1-14-13-15(9-11-19(14)26-16-5-4-6-16)10-12-20(23)22-18-8-3-2-7-17(18)21(24)25;1-13-12-14(6-10-18(13)25-15-8-9-15)7-11-19(22)21-17-5-3-2-4-16(17)20(23)24/h2-3,7-13,16H,4-6H2,1H3,(H,22,23)(H,24,25);2-7,10-12,15H,8-9H2,1H3,(H,21,22)(H,23,24)/b12-10+;11-7+. The van der Waals surface area contributed by atoms with Crippen molar-refractivity contribution in [2.75, 3.05) is 10.6 Å². The van der Waals surface area contributed by atoms with Crippen LogP contribution in [0.3, 0.4) is 0 Å². The number of anilines is 2. The molecule has 2 fully saturated rings. The van der Waals surface area contributed by atoms with Gasteiger partial charge in [0.2, 0.25) is 11.8 Å². The summed E-state index contributed by atoms with van der Waals surface area (Å²) >= 11 is 0. The molecule has 10 heteroatoms. The highest BCUT2D eigenvalue weighted by Crippen LogP contribution is 2.30. The Morgan fingerprint density at radius 3 is 1.37 bits per heavy atom. The van der Waals surface area contributed by atoms with Crippen molar-refractivity contribution in [3.8, 4) is 11.5 Å². The molecule has 0 spiro atoms. The molecule has 6 rings (SSSR count). The maximum absolute atomic E-state index is 12.1. The van der Waals surface area contributed by atoms with Crippen molar-refractivity contribution < 1.29 is 38.9 Å². The number of hydrogen-bond acceptors (Lipinski definition) is 6. The fraction of sp³-hybridized carbons (Fsp3) is 0.220. The average molecular weight is 689 g/mol. The Bertz CT molecular complexity index is 1970. The summed E-state index contributed by atoms with van der Waals surface area (Å²) in [5, 5.41) is 23.5. The molecule has 4 aromatic carbocycles. The molecule has 51 heavy (non-hydrogen) atoms. The number of ether oxygens (including phenoxy) is 2. The Kier molecular flexibility index (Phi) is 12.0. The number of aromatic carboxylic acids is 2. The molecule has 2 aliphatic carbocycles. The number of carboxylic acids is 2. The summed E-state index contributed by atoms with van der Waals surface area (Å²) in [4.78, 5) is 46.5. The van der Waals surface area contributed by atoms with E-state index in [1.165, 1.54) is 30.7 Å². The van der Waals surface area contributed by atoms with E-state index < -0.39 is 11.9 Å². The minimum absolute atomic E-state index is 0.0571. The van der Waals surface area contributed by atoms with Gasteiger partial charge in [-0.15, -0.1) is 0 Å². The first kappa shape index (κ1) is 36.1. The summed E-state index contributed by atoms with van der Waals surface area (Å²) in [6.07, 6.45) is 12.5. The molecule has 10 nitrogen and oxygen atoms in total. The van der Waals surface area contributed by atoms with Crippen molar-refractivity contribution in [1.82, 2.24) is 0 Å². The molecule has 2 saturated carbocycles. The number of benzene rings is 4. The number of hydrogen-bond donors (Lipinski definition) is 4. The van der Waals surface area contributed by atoms with Gasteiger partial charge in [-0.1, -0.05) is 36.4 Å². The largest absolute Gasteiger partial charge is 0.490 e. The van der Waals surface area contributed by atoms with Gasteiger partial charge in [-0.3, -0.25) is 9.59 Å². The number of carbonyl (C=O) groups is 4. The topological polar surface area (TPSA) is 151 Å². The molecule has 0 heterocycles. The van der Waals surface area contributed by atoms with E-state index in [-0.39, 0.29) is 34.3 Å². The zero-order valence-corrected chi connectivity index (χ0v) is 28.4. The first-order valence-corrected chi connectivity index (χ1v) is 16.7. The first-order valence-electron chi connectivity index (χ1n) is 16.7. The lowest BCUT2D eigenvalue weighted by Crippen LogP contribution is -2.24. The van der Waals surface area contributed by atoms with Crippen LogP contribution in [-0.2, 0) is 9.59 Å². The van der Waals surface area contributed by atoms with E-state index in [2.05, 4.69) is 10.6 Å². The third-order valence-corrected chi connectivity index (χ3v) is 8.25. The smallest absolute Gasteiger partial charge is 0.337 e. The normalized spacial score (nSPS) is 13.8.